The van der Waals surface area contributed by atoms with Crippen LogP contribution >= 0.6 is 0 Å². The standard InChI is InChI=1S/C19H17F3N6O/c20-11-2-1-3-12(21)17(11)18-25-14-10-23-16(27-4-6-29-7-5-27)8-15(14)28-19(26-18)13(22)9-24-28/h1-3,8-10,18,25-26H,4-7H2. The second kappa shape index (κ2) is 6.96. The summed E-state index contributed by atoms with van der Waals surface area (Å²) in [6, 6.07) is 5.35. The second-order valence-electron chi connectivity index (χ2n) is 6.77. The molecule has 0 aliphatic carbocycles. The molecule has 2 N–H and O–H groups in total. The van der Waals surface area contributed by atoms with Crippen molar-refractivity contribution in [2.24, 2.45) is 0 Å². The molecule has 0 radical (unpaired) electrons. The van der Waals surface area contributed by atoms with Gasteiger partial charge in [-0.2, -0.15) is 5.10 Å². The lowest BCUT2D eigenvalue weighted by molar-refractivity contribution is 0.122. The van der Waals surface area contributed by atoms with Gasteiger partial charge in [0.15, 0.2) is 11.6 Å². The SMILES string of the molecule is Fc1cccc(F)c1C1Nc2cnc(N3CCOCC3)cc2-n2ncc(F)c2N1. The van der Waals surface area contributed by atoms with Crippen molar-refractivity contribution in [1.82, 2.24) is 14.8 Å². The predicted octanol–water partition coefficient (Wildman–Crippen LogP) is 3.06. The number of hydrogen-bond acceptors (Lipinski definition) is 6. The zero-order chi connectivity index (χ0) is 20.0. The van der Waals surface area contributed by atoms with Gasteiger partial charge in [0, 0.05) is 19.2 Å². The first-order chi connectivity index (χ1) is 14.1. The number of nitrogens with one attached hydrogen (secondary N) is 2. The molecule has 0 bridgehead atoms. The van der Waals surface area contributed by atoms with E-state index in [1.54, 1.807) is 12.3 Å². The molecule has 1 atom stereocenters. The predicted molar refractivity (Wildman–Crippen MR) is 101 cm³/mol. The van der Waals surface area contributed by atoms with E-state index in [4.69, 9.17) is 4.74 Å². The minimum absolute atomic E-state index is 0.00281. The summed E-state index contributed by atoms with van der Waals surface area (Å²) in [5.74, 6) is -1.44. The van der Waals surface area contributed by atoms with Crippen LogP contribution < -0.4 is 15.5 Å². The summed E-state index contributed by atoms with van der Waals surface area (Å²) in [5.41, 5.74) is 0.737. The van der Waals surface area contributed by atoms with Gasteiger partial charge in [0.1, 0.15) is 23.6 Å². The van der Waals surface area contributed by atoms with Crippen LogP contribution in [0.15, 0.2) is 36.7 Å². The maximum absolute atomic E-state index is 14.4. The largest absolute Gasteiger partial charge is 0.378 e. The number of aromatic nitrogens is 3. The summed E-state index contributed by atoms with van der Waals surface area (Å²) in [5, 5.41) is 9.95. The maximum Gasteiger partial charge on any atom is 0.185 e. The summed E-state index contributed by atoms with van der Waals surface area (Å²) >= 11 is 0. The number of ether oxygens (including phenoxy) is 1. The lowest BCUT2D eigenvalue weighted by atomic mass is 10.1. The topological polar surface area (TPSA) is 67.2 Å². The quantitative estimate of drug-likeness (QED) is 0.687. The van der Waals surface area contributed by atoms with Crippen molar-refractivity contribution in [1.29, 1.82) is 0 Å². The fourth-order valence-electron chi connectivity index (χ4n) is 3.59. The molecule has 1 aromatic carbocycles. The second-order valence-corrected chi connectivity index (χ2v) is 6.77. The molecule has 5 rings (SSSR count). The van der Waals surface area contributed by atoms with E-state index >= 15 is 0 Å². The first-order valence-corrected chi connectivity index (χ1v) is 9.15. The van der Waals surface area contributed by atoms with Gasteiger partial charge in [-0.15, -0.1) is 0 Å². The molecule has 2 aliphatic rings. The molecule has 2 aliphatic heterocycles. The average molecular weight is 402 g/mol. The molecule has 1 fully saturated rings. The highest BCUT2D eigenvalue weighted by Gasteiger charge is 2.29. The van der Waals surface area contributed by atoms with Gasteiger partial charge in [0.2, 0.25) is 0 Å². The number of halogens is 3. The number of rotatable bonds is 2. The highest BCUT2D eigenvalue weighted by Crippen LogP contribution is 2.36. The lowest BCUT2D eigenvalue weighted by Crippen LogP contribution is -2.36. The van der Waals surface area contributed by atoms with E-state index in [1.807, 2.05) is 0 Å². The summed E-state index contributed by atoms with van der Waals surface area (Å²) in [4.78, 5) is 6.52. The molecule has 150 valence electrons. The minimum Gasteiger partial charge on any atom is -0.378 e. The fourth-order valence-corrected chi connectivity index (χ4v) is 3.59. The summed E-state index contributed by atoms with van der Waals surface area (Å²) in [6.45, 7) is 2.55. The third kappa shape index (κ3) is 3.05. The molecule has 10 heteroatoms. The van der Waals surface area contributed by atoms with Crippen molar-refractivity contribution in [3.8, 4) is 5.69 Å². The van der Waals surface area contributed by atoms with Crippen molar-refractivity contribution in [3.63, 3.8) is 0 Å². The van der Waals surface area contributed by atoms with Crippen LogP contribution in [0.5, 0.6) is 0 Å². The van der Waals surface area contributed by atoms with Crippen LogP contribution in [-0.4, -0.2) is 41.1 Å². The van der Waals surface area contributed by atoms with Gasteiger partial charge < -0.3 is 20.3 Å². The van der Waals surface area contributed by atoms with Crippen LogP contribution in [0.25, 0.3) is 5.69 Å². The van der Waals surface area contributed by atoms with Crippen molar-refractivity contribution < 1.29 is 17.9 Å². The van der Waals surface area contributed by atoms with Gasteiger partial charge in [-0.3, -0.25) is 0 Å². The summed E-state index contributed by atoms with van der Waals surface area (Å²) in [6.07, 6.45) is 1.56. The Balaban J connectivity index is 1.62. The molecule has 7 nitrogen and oxygen atoms in total. The fraction of sp³-hybridized carbons (Fsp3) is 0.263. The first-order valence-electron chi connectivity index (χ1n) is 9.15. The maximum atomic E-state index is 14.4. The zero-order valence-corrected chi connectivity index (χ0v) is 15.2. The van der Waals surface area contributed by atoms with E-state index in [9.17, 15) is 13.2 Å². The third-order valence-corrected chi connectivity index (χ3v) is 5.02. The van der Waals surface area contributed by atoms with E-state index < -0.39 is 23.6 Å². The first kappa shape index (κ1) is 17.8. The van der Waals surface area contributed by atoms with Crippen LogP contribution in [0.3, 0.4) is 0 Å². The van der Waals surface area contributed by atoms with Gasteiger partial charge in [-0.25, -0.2) is 22.8 Å². The molecule has 0 saturated carbocycles. The van der Waals surface area contributed by atoms with E-state index in [-0.39, 0.29) is 11.4 Å². The Labute approximate surface area is 164 Å². The van der Waals surface area contributed by atoms with Gasteiger partial charge in [0.05, 0.1) is 42.5 Å². The van der Waals surface area contributed by atoms with Crippen LogP contribution in [0.4, 0.5) is 30.5 Å². The number of pyridine rings is 1. The third-order valence-electron chi connectivity index (χ3n) is 5.02. The molecule has 0 spiro atoms. The monoisotopic (exact) mass is 402 g/mol. The minimum atomic E-state index is -1.06. The number of morpholine rings is 1. The van der Waals surface area contributed by atoms with Crippen LogP contribution in [0.1, 0.15) is 11.7 Å². The molecule has 4 heterocycles. The van der Waals surface area contributed by atoms with Crippen molar-refractivity contribution in [3.05, 3.63) is 59.7 Å². The van der Waals surface area contributed by atoms with Crippen LogP contribution in [0.2, 0.25) is 0 Å². The lowest BCUT2D eigenvalue weighted by Gasteiger charge is -2.28. The Kier molecular flexibility index (Phi) is 4.27. The molecule has 1 unspecified atom stereocenters. The Morgan fingerprint density at radius 3 is 2.52 bits per heavy atom. The van der Waals surface area contributed by atoms with Crippen molar-refractivity contribution >= 4 is 17.3 Å². The van der Waals surface area contributed by atoms with Gasteiger partial charge in [-0.1, -0.05) is 6.07 Å². The Morgan fingerprint density at radius 2 is 1.76 bits per heavy atom. The van der Waals surface area contributed by atoms with Gasteiger partial charge >= 0.3 is 0 Å². The van der Waals surface area contributed by atoms with E-state index in [0.717, 1.165) is 18.3 Å². The Bertz CT molecular complexity index is 1050. The Morgan fingerprint density at radius 1 is 1.00 bits per heavy atom. The highest BCUT2D eigenvalue weighted by atomic mass is 19.1. The zero-order valence-electron chi connectivity index (χ0n) is 15.2. The smallest absolute Gasteiger partial charge is 0.185 e. The highest BCUT2D eigenvalue weighted by molar-refractivity contribution is 5.70. The molecule has 29 heavy (non-hydrogen) atoms. The van der Waals surface area contributed by atoms with E-state index in [0.29, 0.717) is 43.5 Å². The molecule has 2 aromatic heterocycles. The van der Waals surface area contributed by atoms with Crippen molar-refractivity contribution in [2.45, 2.75) is 6.17 Å². The van der Waals surface area contributed by atoms with Crippen molar-refractivity contribution in [2.75, 3.05) is 41.8 Å². The number of anilines is 3. The summed E-state index contributed by atoms with van der Waals surface area (Å²) in [7, 11) is 0. The van der Waals surface area contributed by atoms with E-state index in [1.165, 1.54) is 10.7 Å². The molecule has 1 saturated heterocycles. The number of fused-ring (bicyclic) bond motifs is 3. The van der Waals surface area contributed by atoms with Gasteiger partial charge in [-0.05, 0) is 12.1 Å². The number of nitrogens with zero attached hydrogens (tertiary/aromatic N) is 4. The van der Waals surface area contributed by atoms with Gasteiger partial charge in [0.25, 0.3) is 0 Å². The molecule has 3 aromatic rings. The van der Waals surface area contributed by atoms with Crippen LogP contribution in [-0.2, 0) is 4.74 Å². The number of benzene rings is 1. The van der Waals surface area contributed by atoms with E-state index in [2.05, 4.69) is 25.6 Å². The average Bonchev–Trinajstić information content (AvgIpc) is 3.00. The summed E-state index contributed by atoms with van der Waals surface area (Å²) < 4.78 is 49.9. The molecular formula is C19H17F3N6O. The number of hydrogen-bond donors (Lipinski definition) is 2. The van der Waals surface area contributed by atoms with Crippen LogP contribution in [0, 0.1) is 17.5 Å². The molecular weight excluding hydrogens is 385 g/mol. The Hall–Kier alpha value is -3.27. The normalized spacial score (nSPS) is 18.3. The molecule has 0 amide bonds.